The fourth-order valence-corrected chi connectivity index (χ4v) is 2.50. The second-order valence-electron chi connectivity index (χ2n) is 4.87. The second kappa shape index (κ2) is 6.37. The monoisotopic (exact) mass is 302 g/mol. The van der Waals surface area contributed by atoms with E-state index >= 15 is 0 Å². The molecule has 1 fully saturated rings. The number of hydrogen-bond donors (Lipinski definition) is 1. The van der Waals surface area contributed by atoms with Crippen molar-refractivity contribution >= 4 is 23.0 Å². The zero-order chi connectivity index (χ0) is 14.7. The Hall–Kier alpha value is -1.40. The van der Waals surface area contributed by atoms with Crippen LogP contribution in [0.3, 0.4) is 0 Å². The molecule has 1 aromatic carbocycles. The van der Waals surface area contributed by atoms with Crippen molar-refractivity contribution in [1.82, 2.24) is 0 Å². The molecule has 0 radical (unpaired) electrons. The van der Waals surface area contributed by atoms with Crippen LogP contribution in [0.2, 0.25) is 5.02 Å². The molecule has 2 rings (SSSR count). The summed E-state index contributed by atoms with van der Waals surface area (Å²) in [6.45, 7) is 0.455. The van der Waals surface area contributed by atoms with Gasteiger partial charge in [0, 0.05) is 31.3 Å². The molecule has 0 aromatic heterocycles. The third-order valence-electron chi connectivity index (χ3n) is 3.60. The van der Waals surface area contributed by atoms with E-state index < -0.39 is 10.7 Å². The maximum atomic E-state index is 13.7. The van der Waals surface area contributed by atoms with Crippen molar-refractivity contribution in [3.8, 4) is 0 Å². The van der Waals surface area contributed by atoms with E-state index in [0.717, 1.165) is 31.4 Å². The Balaban J connectivity index is 2.39. The summed E-state index contributed by atoms with van der Waals surface area (Å²) in [6.07, 6.45) is 3.39. The maximum absolute atomic E-state index is 13.7. The van der Waals surface area contributed by atoms with Gasteiger partial charge in [0.2, 0.25) is 0 Å². The SMILES string of the molecule is O=[N+]([O-])c1cc(Cl)c(F)cc1N(CCCO)C1CCC1. The first-order valence-electron chi connectivity index (χ1n) is 6.55. The minimum absolute atomic E-state index is 0.00686. The lowest BCUT2D eigenvalue weighted by molar-refractivity contribution is -0.384. The first-order chi connectivity index (χ1) is 9.54. The van der Waals surface area contributed by atoms with E-state index in [0.29, 0.717) is 13.0 Å². The number of benzene rings is 1. The number of rotatable bonds is 6. The molecule has 1 aliphatic carbocycles. The van der Waals surface area contributed by atoms with E-state index in [-0.39, 0.29) is 29.0 Å². The van der Waals surface area contributed by atoms with E-state index in [4.69, 9.17) is 16.7 Å². The lowest BCUT2D eigenvalue weighted by Gasteiger charge is -2.39. The highest BCUT2D eigenvalue weighted by molar-refractivity contribution is 6.31. The zero-order valence-corrected chi connectivity index (χ0v) is 11.6. The van der Waals surface area contributed by atoms with Crippen molar-refractivity contribution < 1.29 is 14.4 Å². The van der Waals surface area contributed by atoms with E-state index in [1.807, 2.05) is 4.90 Å². The van der Waals surface area contributed by atoms with Crippen LogP contribution in [-0.4, -0.2) is 29.2 Å². The molecule has 0 aliphatic heterocycles. The van der Waals surface area contributed by atoms with Crippen LogP contribution in [0.25, 0.3) is 0 Å². The summed E-state index contributed by atoms with van der Waals surface area (Å²) in [6, 6.07) is 2.34. The van der Waals surface area contributed by atoms with Crippen molar-refractivity contribution in [1.29, 1.82) is 0 Å². The Morgan fingerprint density at radius 2 is 2.20 bits per heavy atom. The number of halogens is 2. The van der Waals surface area contributed by atoms with Gasteiger partial charge in [0.25, 0.3) is 5.69 Å². The molecule has 1 N–H and O–H groups in total. The number of aliphatic hydroxyl groups excluding tert-OH is 1. The standard InChI is InChI=1S/C13H16ClFN2O3/c14-10-7-13(17(19)20)12(8-11(10)15)16(5-2-6-18)9-3-1-4-9/h7-9,18H,1-6H2. The quantitative estimate of drug-likeness (QED) is 0.647. The fraction of sp³-hybridized carbons (Fsp3) is 0.538. The summed E-state index contributed by atoms with van der Waals surface area (Å²) in [5.74, 6) is -0.666. The molecular weight excluding hydrogens is 287 g/mol. The van der Waals surface area contributed by atoms with Gasteiger partial charge in [-0.2, -0.15) is 0 Å². The number of nitrogens with zero attached hydrogens (tertiary/aromatic N) is 2. The van der Waals surface area contributed by atoms with Crippen LogP contribution >= 0.6 is 11.6 Å². The fourth-order valence-electron chi connectivity index (χ4n) is 2.34. The van der Waals surface area contributed by atoms with Crippen LogP contribution in [-0.2, 0) is 0 Å². The summed E-state index contributed by atoms with van der Waals surface area (Å²) in [5, 5.41) is 19.8. The van der Waals surface area contributed by atoms with Crippen molar-refractivity contribution in [2.24, 2.45) is 0 Å². The van der Waals surface area contributed by atoms with Crippen molar-refractivity contribution in [2.45, 2.75) is 31.7 Å². The van der Waals surface area contributed by atoms with Gasteiger partial charge in [-0.05, 0) is 25.7 Å². The first kappa shape index (κ1) is 15.0. The minimum atomic E-state index is -0.666. The zero-order valence-electron chi connectivity index (χ0n) is 10.9. The molecule has 0 unspecified atom stereocenters. The molecule has 7 heteroatoms. The van der Waals surface area contributed by atoms with Gasteiger partial charge < -0.3 is 10.0 Å². The number of nitro groups is 1. The van der Waals surface area contributed by atoms with E-state index in [1.165, 1.54) is 0 Å². The molecule has 0 saturated heterocycles. The highest BCUT2D eigenvalue weighted by Crippen LogP contribution is 2.38. The van der Waals surface area contributed by atoms with E-state index in [2.05, 4.69) is 0 Å². The summed E-state index contributed by atoms with van der Waals surface area (Å²) < 4.78 is 13.7. The molecule has 20 heavy (non-hydrogen) atoms. The average Bonchev–Trinajstić information content (AvgIpc) is 2.34. The largest absolute Gasteiger partial charge is 0.396 e. The predicted octanol–water partition coefficient (Wildman–Crippen LogP) is 3.13. The van der Waals surface area contributed by atoms with Crippen LogP contribution in [0.4, 0.5) is 15.8 Å². The summed E-state index contributed by atoms with van der Waals surface area (Å²) in [7, 11) is 0. The van der Waals surface area contributed by atoms with Gasteiger partial charge >= 0.3 is 0 Å². The third-order valence-corrected chi connectivity index (χ3v) is 3.89. The molecule has 1 aliphatic rings. The van der Waals surface area contributed by atoms with Crippen LogP contribution in [0.1, 0.15) is 25.7 Å². The molecule has 5 nitrogen and oxygen atoms in total. The lowest BCUT2D eigenvalue weighted by Crippen LogP contribution is -2.41. The van der Waals surface area contributed by atoms with Crippen LogP contribution in [0.15, 0.2) is 12.1 Å². The maximum Gasteiger partial charge on any atom is 0.294 e. The molecule has 1 saturated carbocycles. The highest BCUT2D eigenvalue weighted by atomic mass is 35.5. The van der Waals surface area contributed by atoms with E-state index in [1.54, 1.807) is 0 Å². The lowest BCUT2D eigenvalue weighted by atomic mass is 9.90. The molecular formula is C13H16ClFN2O3. The Morgan fingerprint density at radius 3 is 2.70 bits per heavy atom. The Morgan fingerprint density at radius 1 is 1.50 bits per heavy atom. The van der Waals surface area contributed by atoms with Crippen molar-refractivity contribution in [3.05, 3.63) is 33.1 Å². The molecule has 1 aromatic rings. The van der Waals surface area contributed by atoms with Gasteiger partial charge in [0.15, 0.2) is 0 Å². The Bertz CT molecular complexity index is 509. The van der Waals surface area contributed by atoms with Crippen molar-refractivity contribution in [3.63, 3.8) is 0 Å². The number of nitro benzene ring substituents is 1. The van der Waals surface area contributed by atoms with Crippen molar-refractivity contribution in [2.75, 3.05) is 18.1 Å². The molecule has 0 atom stereocenters. The topological polar surface area (TPSA) is 66.6 Å². The van der Waals surface area contributed by atoms with Gasteiger partial charge in [-0.1, -0.05) is 11.6 Å². The third kappa shape index (κ3) is 3.02. The number of aliphatic hydroxyl groups is 1. The summed E-state index contributed by atoms with van der Waals surface area (Å²) >= 11 is 5.63. The van der Waals surface area contributed by atoms with Gasteiger partial charge in [-0.25, -0.2) is 4.39 Å². The Kier molecular flexibility index (Phi) is 4.77. The normalized spacial score (nSPS) is 14.9. The summed E-state index contributed by atoms with van der Waals surface area (Å²) in [4.78, 5) is 12.4. The van der Waals surface area contributed by atoms with Gasteiger partial charge in [-0.15, -0.1) is 0 Å². The van der Waals surface area contributed by atoms with Crippen LogP contribution in [0.5, 0.6) is 0 Å². The molecule has 0 bridgehead atoms. The first-order valence-corrected chi connectivity index (χ1v) is 6.93. The molecule has 110 valence electrons. The van der Waals surface area contributed by atoms with Gasteiger partial charge in [0.05, 0.1) is 9.95 Å². The predicted molar refractivity (Wildman–Crippen MR) is 74.8 cm³/mol. The van der Waals surface area contributed by atoms with Gasteiger partial charge in [-0.3, -0.25) is 10.1 Å². The minimum Gasteiger partial charge on any atom is -0.396 e. The number of hydrogen-bond acceptors (Lipinski definition) is 4. The second-order valence-corrected chi connectivity index (χ2v) is 5.27. The molecule has 0 amide bonds. The highest BCUT2D eigenvalue weighted by Gasteiger charge is 2.30. The summed E-state index contributed by atoms with van der Waals surface area (Å²) in [5.41, 5.74) is 0.0521. The average molecular weight is 303 g/mol. The van der Waals surface area contributed by atoms with E-state index in [9.17, 15) is 14.5 Å². The smallest absolute Gasteiger partial charge is 0.294 e. The van der Waals surface area contributed by atoms with Crippen LogP contribution < -0.4 is 4.90 Å². The molecule has 0 heterocycles. The van der Waals surface area contributed by atoms with Crippen LogP contribution in [0, 0.1) is 15.9 Å². The molecule has 0 spiro atoms. The van der Waals surface area contributed by atoms with Gasteiger partial charge in [0.1, 0.15) is 11.5 Å². The number of anilines is 1. The Labute approximate surface area is 121 Å².